The maximum Gasteiger partial charge on any atom is 0.274 e. The number of anilines is 3. The lowest BCUT2D eigenvalue weighted by Gasteiger charge is -2.16. The largest absolute Gasteiger partial charge is 0.360 e. The Kier molecular flexibility index (Phi) is 4.97. The van der Waals surface area contributed by atoms with Crippen molar-refractivity contribution in [1.29, 1.82) is 0 Å². The number of nitrogens with zero attached hydrogens (tertiary/aromatic N) is 3. The van der Waals surface area contributed by atoms with E-state index in [9.17, 15) is 4.79 Å². The van der Waals surface area contributed by atoms with Crippen molar-refractivity contribution < 1.29 is 9.32 Å². The highest BCUT2D eigenvalue weighted by Gasteiger charge is 2.15. The van der Waals surface area contributed by atoms with Crippen LogP contribution in [0.3, 0.4) is 0 Å². The van der Waals surface area contributed by atoms with E-state index in [1.54, 1.807) is 19.1 Å². The first kappa shape index (κ1) is 17.6. The molecule has 3 aromatic rings. The van der Waals surface area contributed by atoms with E-state index in [0.717, 1.165) is 16.8 Å². The fourth-order valence-electron chi connectivity index (χ4n) is 2.63. The van der Waals surface area contributed by atoms with Crippen LogP contribution in [0.2, 0.25) is 0 Å². The molecule has 0 saturated heterocycles. The SMILES string of the molecule is Cc1cc(Nc2cc(C(=O)Nc3c(C)cccc3C(C)C)ncn2)no1. The summed E-state index contributed by atoms with van der Waals surface area (Å²) in [5.41, 5.74) is 3.19. The van der Waals surface area contributed by atoms with Gasteiger partial charge in [-0.2, -0.15) is 0 Å². The monoisotopic (exact) mass is 351 g/mol. The van der Waals surface area contributed by atoms with Gasteiger partial charge in [0.15, 0.2) is 5.82 Å². The van der Waals surface area contributed by atoms with Crippen molar-refractivity contribution in [3.8, 4) is 0 Å². The van der Waals surface area contributed by atoms with Gasteiger partial charge in [-0.15, -0.1) is 0 Å². The molecule has 1 aromatic carbocycles. The number of benzene rings is 1. The van der Waals surface area contributed by atoms with Gasteiger partial charge >= 0.3 is 0 Å². The van der Waals surface area contributed by atoms with Crippen LogP contribution in [0.4, 0.5) is 17.3 Å². The van der Waals surface area contributed by atoms with E-state index < -0.39 is 0 Å². The molecule has 7 heteroatoms. The molecule has 0 bridgehead atoms. The lowest BCUT2D eigenvalue weighted by molar-refractivity contribution is 0.102. The summed E-state index contributed by atoms with van der Waals surface area (Å²) in [5.74, 6) is 1.67. The van der Waals surface area contributed by atoms with Gasteiger partial charge in [-0.3, -0.25) is 4.79 Å². The second kappa shape index (κ2) is 7.35. The molecular weight excluding hydrogens is 330 g/mol. The van der Waals surface area contributed by atoms with Crippen molar-refractivity contribution in [3.63, 3.8) is 0 Å². The van der Waals surface area contributed by atoms with Gasteiger partial charge in [-0.05, 0) is 30.9 Å². The first-order chi connectivity index (χ1) is 12.4. The Bertz CT molecular complexity index is 933. The average Bonchev–Trinajstić information content (AvgIpc) is 3.01. The molecule has 0 radical (unpaired) electrons. The molecule has 0 atom stereocenters. The molecule has 0 aliphatic heterocycles. The number of rotatable bonds is 5. The Hall–Kier alpha value is -3.22. The van der Waals surface area contributed by atoms with Gasteiger partial charge < -0.3 is 15.2 Å². The van der Waals surface area contributed by atoms with E-state index in [0.29, 0.717) is 23.3 Å². The van der Waals surface area contributed by atoms with Crippen LogP contribution in [0.5, 0.6) is 0 Å². The summed E-state index contributed by atoms with van der Waals surface area (Å²) in [5, 5.41) is 9.82. The minimum atomic E-state index is -0.289. The first-order valence-corrected chi connectivity index (χ1v) is 8.37. The van der Waals surface area contributed by atoms with Gasteiger partial charge in [0, 0.05) is 17.8 Å². The summed E-state index contributed by atoms with van der Waals surface area (Å²) < 4.78 is 5.01. The first-order valence-electron chi connectivity index (χ1n) is 8.37. The van der Waals surface area contributed by atoms with E-state index in [1.807, 2.05) is 25.1 Å². The van der Waals surface area contributed by atoms with Crippen molar-refractivity contribution in [2.75, 3.05) is 10.6 Å². The second-order valence-corrected chi connectivity index (χ2v) is 6.38. The van der Waals surface area contributed by atoms with E-state index in [4.69, 9.17) is 4.52 Å². The van der Waals surface area contributed by atoms with Crippen molar-refractivity contribution in [1.82, 2.24) is 15.1 Å². The normalized spacial score (nSPS) is 10.8. The Balaban J connectivity index is 1.82. The highest BCUT2D eigenvalue weighted by atomic mass is 16.5. The summed E-state index contributed by atoms with van der Waals surface area (Å²) in [7, 11) is 0. The summed E-state index contributed by atoms with van der Waals surface area (Å²) in [6, 6.07) is 9.30. The van der Waals surface area contributed by atoms with Crippen LogP contribution in [0.1, 0.15) is 47.1 Å². The molecule has 0 aliphatic carbocycles. The van der Waals surface area contributed by atoms with Gasteiger partial charge in [0.05, 0.1) is 0 Å². The molecule has 2 N–H and O–H groups in total. The fourth-order valence-corrected chi connectivity index (χ4v) is 2.63. The topological polar surface area (TPSA) is 92.9 Å². The smallest absolute Gasteiger partial charge is 0.274 e. The Morgan fingerprint density at radius 3 is 2.62 bits per heavy atom. The summed E-state index contributed by atoms with van der Waals surface area (Å²) >= 11 is 0. The number of carbonyl (C=O) groups excluding carboxylic acids is 1. The zero-order valence-corrected chi connectivity index (χ0v) is 15.2. The molecule has 2 aromatic heterocycles. The van der Waals surface area contributed by atoms with Crippen LogP contribution in [-0.4, -0.2) is 21.0 Å². The molecule has 0 saturated carbocycles. The average molecular weight is 351 g/mol. The number of amides is 1. The zero-order valence-electron chi connectivity index (χ0n) is 15.2. The van der Waals surface area contributed by atoms with E-state index in [1.165, 1.54) is 6.33 Å². The molecule has 7 nitrogen and oxygen atoms in total. The van der Waals surface area contributed by atoms with Crippen LogP contribution < -0.4 is 10.6 Å². The van der Waals surface area contributed by atoms with Crippen LogP contribution in [-0.2, 0) is 0 Å². The standard InChI is InChI=1S/C19H21N5O2/c1-11(2)14-7-5-6-12(3)18(14)23-19(25)15-9-16(21-10-20-15)22-17-8-13(4)26-24-17/h5-11H,1-4H3,(H,23,25)(H,20,21,22,24). The quantitative estimate of drug-likeness (QED) is 0.715. The molecular formula is C19H21N5O2. The number of aromatic nitrogens is 3. The molecule has 2 heterocycles. The molecule has 1 amide bonds. The number of hydrogen-bond acceptors (Lipinski definition) is 6. The van der Waals surface area contributed by atoms with E-state index in [2.05, 4.69) is 39.6 Å². The maximum absolute atomic E-state index is 12.7. The van der Waals surface area contributed by atoms with Crippen molar-refractivity contribution >= 4 is 23.2 Å². The lowest BCUT2D eigenvalue weighted by Crippen LogP contribution is -2.16. The molecule has 3 rings (SSSR count). The fraction of sp³-hybridized carbons (Fsp3) is 0.263. The van der Waals surface area contributed by atoms with Crippen molar-refractivity contribution in [2.45, 2.75) is 33.6 Å². The van der Waals surface area contributed by atoms with Gasteiger partial charge in [0.2, 0.25) is 0 Å². The number of aryl methyl sites for hydroxylation is 2. The van der Waals surface area contributed by atoms with E-state index >= 15 is 0 Å². The van der Waals surface area contributed by atoms with Gasteiger partial charge in [0.25, 0.3) is 5.91 Å². The summed E-state index contributed by atoms with van der Waals surface area (Å²) in [6.45, 7) is 7.96. The minimum Gasteiger partial charge on any atom is -0.360 e. The van der Waals surface area contributed by atoms with Crippen LogP contribution in [0, 0.1) is 13.8 Å². The third kappa shape index (κ3) is 3.88. The molecule has 0 aliphatic rings. The number of hydrogen-bond donors (Lipinski definition) is 2. The molecule has 134 valence electrons. The maximum atomic E-state index is 12.7. The molecule has 0 unspecified atom stereocenters. The minimum absolute atomic E-state index is 0.265. The lowest BCUT2D eigenvalue weighted by atomic mass is 9.98. The van der Waals surface area contributed by atoms with Gasteiger partial charge in [-0.25, -0.2) is 9.97 Å². The second-order valence-electron chi connectivity index (χ2n) is 6.38. The Labute approximate surface area is 151 Å². The molecule has 26 heavy (non-hydrogen) atoms. The highest BCUT2D eigenvalue weighted by molar-refractivity contribution is 6.04. The zero-order chi connectivity index (χ0) is 18.7. The third-order valence-corrected chi connectivity index (χ3v) is 3.95. The predicted octanol–water partition coefficient (Wildman–Crippen LogP) is 4.20. The molecule has 0 fully saturated rings. The Morgan fingerprint density at radius 1 is 1.12 bits per heavy atom. The van der Waals surface area contributed by atoms with Crippen LogP contribution >= 0.6 is 0 Å². The van der Waals surface area contributed by atoms with Gasteiger partial charge in [0.1, 0.15) is 23.6 Å². The van der Waals surface area contributed by atoms with Crippen molar-refractivity contribution in [3.05, 3.63) is 59.2 Å². The predicted molar refractivity (Wildman–Crippen MR) is 99.8 cm³/mol. The number of nitrogens with one attached hydrogen (secondary N) is 2. The molecule has 0 spiro atoms. The van der Waals surface area contributed by atoms with Gasteiger partial charge in [-0.1, -0.05) is 37.2 Å². The highest BCUT2D eigenvalue weighted by Crippen LogP contribution is 2.27. The number of carbonyl (C=O) groups is 1. The summed E-state index contributed by atoms with van der Waals surface area (Å²) in [4.78, 5) is 20.9. The van der Waals surface area contributed by atoms with Crippen molar-refractivity contribution in [2.24, 2.45) is 0 Å². The Morgan fingerprint density at radius 2 is 1.92 bits per heavy atom. The third-order valence-electron chi connectivity index (χ3n) is 3.95. The van der Waals surface area contributed by atoms with Crippen LogP contribution in [0.25, 0.3) is 0 Å². The van der Waals surface area contributed by atoms with E-state index in [-0.39, 0.29) is 11.6 Å². The van der Waals surface area contributed by atoms with Crippen LogP contribution in [0.15, 0.2) is 41.2 Å². The number of para-hydroxylation sites is 1. The summed E-state index contributed by atoms with van der Waals surface area (Å²) in [6.07, 6.45) is 1.34.